The normalized spacial score (nSPS) is 16.8. The van der Waals surface area contributed by atoms with Crippen molar-refractivity contribution in [1.82, 2.24) is 19.4 Å². The molecule has 3 heterocycles. The van der Waals surface area contributed by atoms with E-state index in [0.29, 0.717) is 11.7 Å². The van der Waals surface area contributed by atoms with Crippen LogP contribution in [0.4, 0.5) is 5.13 Å². The van der Waals surface area contributed by atoms with Gasteiger partial charge in [-0.25, -0.2) is 9.78 Å². The van der Waals surface area contributed by atoms with Crippen LogP contribution in [0.25, 0.3) is 0 Å². The Bertz CT molecular complexity index is 968. The van der Waals surface area contributed by atoms with Crippen LogP contribution in [0.3, 0.4) is 0 Å². The Balaban J connectivity index is 1.40. The number of amides is 1. The van der Waals surface area contributed by atoms with Crippen molar-refractivity contribution in [2.45, 2.75) is 50.6 Å². The van der Waals surface area contributed by atoms with Crippen molar-refractivity contribution in [2.75, 3.05) is 43.9 Å². The van der Waals surface area contributed by atoms with E-state index in [1.807, 2.05) is 16.9 Å². The second-order valence-corrected chi connectivity index (χ2v) is 9.74. The van der Waals surface area contributed by atoms with E-state index >= 15 is 0 Å². The number of carbonyl (C=O) groups is 1. The standard InChI is InChI=1S/C21H29N5O3S2/c1-15-13-31-20(22-15)23-18(27)14-30-19-16-5-2-3-6-17(16)26(21(28)24-19)8-4-7-25-9-11-29-12-10-25/h13H,2-12,14H2,1H3,(H,22,23,27). The van der Waals surface area contributed by atoms with E-state index in [-0.39, 0.29) is 17.3 Å². The number of aryl methyl sites for hydroxylation is 1. The van der Waals surface area contributed by atoms with Crippen LogP contribution in [0.15, 0.2) is 15.2 Å². The first-order chi connectivity index (χ1) is 15.1. The Hall–Kier alpha value is -1.75. The van der Waals surface area contributed by atoms with Crippen molar-refractivity contribution in [3.8, 4) is 0 Å². The molecule has 1 saturated heterocycles. The van der Waals surface area contributed by atoms with E-state index in [1.165, 1.54) is 23.1 Å². The average molecular weight is 464 g/mol. The predicted molar refractivity (Wildman–Crippen MR) is 123 cm³/mol. The number of rotatable bonds is 8. The van der Waals surface area contributed by atoms with E-state index in [4.69, 9.17) is 4.74 Å². The molecule has 10 heteroatoms. The minimum Gasteiger partial charge on any atom is -0.379 e. The van der Waals surface area contributed by atoms with Crippen molar-refractivity contribution in [3.05, 3.63) is 32.8 Å². The number of aromatic nitrogens is 3. The highest BCUT2D eigenvalue weighted by Crippen LogP contribution is 2.28. The number of anilines is 1. The van der Waals surface area contributed by atoms with Gasteiger partial charge in [-0.1, -0.05) is 11.8 Å². The summed E-state index contributed by atoms with van der Waals surface area (Å²) in [5, 5.41) is 6.05. The third-order valence-corrected chi connectivity index (χ3v) is 7.51. The molecule has 1 aliphatic heterocycles. The summed E-state index contributed by atoms with van der Waals surface area (Å²) in [6.45, 7) is 7.06. The van der Waals surface area contributed by atoms with E-state index in [9.17, 15) is 9.59 Å². The second-order valence-electron chi connectivity index (χ2n) is 7.92. The topological polar surface area (TPSA) is 89.4 Å². The summed E-state index contributed by atoms with van der Waals surface area (Å²) in [5.74, 6) is 0.0962. The summed E-state index contributed by atoms with van der Waals surface area (Å²) < 4.78 is 7.28. The lowest BCUT2D eigenvalue weighted by molar-refractivity contribution is -0.113. The number of carbonyl (C=O) groups excluding carboxylic acids is 1. The molecule has 1 aliphatic carbocycles. The molecule has 0 radical (unpaired) electrons. The van der Waals surface area contributed by atoms with Gasteiger partial charge in [-0.2, -0.15) is 4.98 Å². The van der Waals surface area contributed by atoms with Crippen molar-refractivity contribution in [1.29, 1.82) is 0 Å². The molecule has 1 amide bonds. The second kappa shape index (κ2) is 10.7. The molecule has 4 rings (SSSR count). The van der Waals surface area contributed by atoms with Gasteiger partial charge in [0.05, 0.1) is 24.7 Å². The SMILES string of the molecule is Cc1csc(NC(=O)CSc2nc(=O)n(CCCN3CCOCC3)c3c2CCCC3)n1. The maximum absolute atomic E-state index is 12.8. The maximum Gasteiger partial charge on any atom is 0.348 e. The van der Waals surface area contributed by atoms with Gasteiger partial charge >= 0.3 is 5.69 Å². The summed E-state index contributed by atoms with van der Waals surface area (Å²) in [4.78, 5) is 36.2. The average Bonchev–Trinajstić information content (AvgIpc) is 3.19. The van der Waals surface area contributed by atoms with Crippen LogP contribution >= 0.6 is 23.1 Å². The molecule has 0 unspecified atom stereocenters. The van der Waals surface area contributed by atoms with Gasteiger partial charge < -0.3 is 10.1 Å². The molecule has 2 aliphatic rings. The van der Waals surface area contributed by atoms with Crippen molar-refractivity contribution < 1.29 is 9.53 Å². The third-order valence-electron chi connectivity index (χ3n) is 5.62. The maximum atomic E-state index is 12.8. The lowest BCUT2D eigenvalue weighted by atomic mass is 9.97. The molecular weight excluding hydrogens is 434 g/mol. The number of hydrogen-bond acceptors (Lipinski definition) is 8. The van der Waals surface area contributed by atoms with Gasteiger partial charge in [-0.05, 0) is 39.0 Å². The fraction of sp³-hybridized carbons (Fsp3) is 0.619. The number of thiazole rings is 1. The molecule has 31 heavy (non-hydrogen) atoms. The number of morpholine rings is 1. The number of fused-ring (bicyclic) bond motifs is 1. The number of nitrogens with zero attached hydrogens (tertiary/aromatic N) is 4. The largest absolute Gasteiger partial charge is 0.379 e. The van der Waals surface area contributed by atoms with Crippen LogP contribution in [-0.4, -0.2) is 63.9 Å². The first kappa shape index (κ1) is 22.4. The zero-order valence-electron chi connectivity index (χ0n) is 17.9. The minimum atomic E-state index is -0.193. The van der Waals surface area contributed by atoms with Gasteiger partial charge in [-0.3, -0.25) is 14.3 Å². The van der Waals surface area contributed by atoms with E-state index < -0.39 is 0 Å². The smallest absolute Gasteiger partial charge is 0.348 e. The highest BCUT2D eigenvalue weighted by Gasteiger charge is 2.21. The Labute approximate surface area is 190 Å². The summed E-state index contributed by atoms with van der Waals surface area (Å²) in [6, 6.07) is 0. The van der Waals surface area contributed by atoms with Crippen LogP contribution in [-0.2, 0) is 28.9 Å². The number of thioether (sulfide) groups is 1. The monoisotopic (exact) mass is 463 g/mol. The summed E-state index contributed by atoms with van der Waals surface area (Å²) >= 11 is 2.77. The van der Waals surface area contributed by atoms with Gasteiger partial charge in [0.2, 0.25) is 5.91 Å². The van der Waals surface area contributed by atoms with Crippen molar-refractivity contribution >= 4 is 34.1 Å². The summed E-state index contributed by atoms with van der Waals surface area (Å²) in [7, 11) is 0. The van der Waals surface area contributed by atoms with Crippen LogP contribution in [0.1, 0.15) is 36.2 Å². The Morgan fingerprint density at radius 3 is 2.81 bits per heavy atom. The molecule has 168 valence electrons. The Morgan fingerprint density at radius 2 is 2.03 bits per heavy atom. The lowest BCUT2D eigenvalue weighted by Gasteiger charge is -2.27. The first-order valence-corrected chi connectivity index (χ1v) is 12.7. The Morgan fingerprint density at radius 1 is 1.23 bits per heavy atom. The number of ether oxygens (including phenoxy) is 1. The summed E-state index contributed by atoms with van der Waals surface area (Å²) in [5.41, 5.74) is 2.97. The van der Waals surface area contributed by atoms with Gasteiger partial charge in [0.1, 0.15) is 5.03 Å². The zero-order chi connectivity index (χ0) is 21.6. The lowest BCUT2D eigenvalue weighted by Crippen LogP contribution is -2.38. The molecule has 8 nitrogen and oxygen atoms in total. The number of nitrogens with one attached hydrogen (secondary N) is 1. The van der Waals surface area contributed by atoms with E-state index in [0.717, 1.165) is 86.9 Å². The van der Waals surface area contributed by atoms with Crippen molar-refractivity contribution in [2.24, 2.45) is 0 Å². The van der Waals surface area contributed by atoms with Crippen LogP contribution in [0, 0.1) is 6.92 Å². The van der Waals surface area contributed by atoms with Crippen LogP contribution in [0.2, 0.25) is 0 Å². The molecule has 2 aromatic rings. The molecule has 1 N–H and O–H groups in total. The fourth-order valence-corrected chi connectivity index (χ4v) is 5.66. The van der Waals surface area contributed by atoms with Crippen molar-refractivity contribution in [3.63, 3.8) is 0 Å². The highest BCUT2D eigenvalue weighted by molar-refractivity contribution is 8.00. The zero-order valence-corrected chi connectivity index (χ0v) is 19.5. The fourth-order valence-electron chi connectivity index (χ4n) is 4.08. The van der Waals surface area contributed by atoms with E-state index in [1.54, 1.807) is 0 Å². The van der Waals surface area contributed by atoms with Gasteiger partial charge in [0.25, 0.3) is 0 Å². The first-order valence-electron chi connectivity index (χ1n) is 10.9. The molecule has 0 spiro atoms. The van der Waals surface area contributed by atoms with Gasteiger partial charge in [0.15, 0.2) is 5.13 Å². The molecule has 0 aromatic carbocycles. The molecule has 2 aromatic heterocycles. The van der Waals surface area contributed by atoms with Crippen LogP contribution < -0.4 is 11.0 Å². The predicted octanol–water partition coefficient (Wildman–Crippen LogP) is 2.34. The molecule has 0 atom stereocenters. The molecule has 1 fully saturated rings. The highest BCUT2D eigenvalue weighted by atomic mass is 32.2. The number of hydrogen-bond donors (Lipinski definition) is 1. The third kappa shape index (κ3) is 5.94. The molecule has 0 bridgehead atoms. The Kier molecular flexibility index (Phi) is 7.76. The van der Waals surface area contributed by atoms with Crippen LogP contribution in [0.5, 0.6) is 0 Å². The molecule has 0 saturated carbocycles. The minimum absolute atomic E-state index is 0.125. The van der Waals surface area contributed by atoms with E-state index in [2.05, 4.69) is 20.2 Å². The summed E-state index contributed by atoms with van der Waals surface area (Å²) in [6.07, 6.45) is 4.94. The molecular formula is C21H29N5O3S2. The van der Waals surface area contributed by atoms with Gasteiger partial charge in [0, 0.05) is 42.8 Å². The van der Waals surface area contributed by atoms with Gasteiger partial charge in [-0.15, -0.1) is 11.3 Å². The quantitative estimate of drug-likeness (QED) is 0.475.